The fourth-order valence-corrected chi connectivity index (χ4v) is 4.19. The zero-order valence-electron chi connectivity index (χ0n) is 20.4. The molecular weight excluding hydrogens is 499 g/mol. The number of nitrogens with zero attached hydrogens (tertiary/aromatic N) is 6. The molecule has 0 aliphatic carbocycles. The van der Waals surface area contributed by atoms with Gasteiger partial charge in [0.25, 0.3) is 5.56 Å². The van der Waals surface area contributed by atoms with E-state index in [-0.39, 0.29) is 5.56 Å². The Morgan fingerprint density at radius 3 is 2.30 bits per heavy atom. The fourth-order valence-electron chi connectivity index (χ4n) is 4.19. The highest BCUT2D eigenvalue weighted by Crippen LogP contribution is 2.25. The lowest BCUT2D eigenvalue weighted by Crippen LogP contribution is -2.44. The Labute approximate surface area is 209 Å². The first-order valence-electron chi connectivity index (χ1n) is 11.6. The Morgan fingerprint density at radius 1 is 1.11 bits per heavy atom. The molecule has 2 saturated heterocycles. The van der Waals surface area contributed by atoms with Crippen molar-refractivity contribution in [3.63, 3.8) is 0 Å². The molecule has 37 heavy (non-hydrogen) atoms. The first-order chi connectivity index (χ1) is 17.5. The van der Waals surface area contributed by atoms with Crippen LogP contribution < -0.4 is 20.7 Å². The number of nitrogens with one attached hydrogen (secondary N) is 1. The van der Waals surface area contributed by atoms with Gasteiger partial charge in [-0.25, -0.2) is 4.79 Å². The van der Waals surface area contributed by atoms with Gasteiger partial charge in [-0.05, 0) is 19.8 Å². The minimum absolute atomic E-state index is 0.195. The van der Waals surface area contributed by atoms with Gasteiger partial charge in [-0.1, -0.05) is 5.92 Å². The van der Waals surface area contributed by atoms with Gasteiger partial charge in [-0.3, -0.25) is 18.7 Å². The highest BCUT2D eigenvalue weighted by Gasteiger charge is 2.38. The Hall–Kier alpha value is -3.80. The van der Waals surface area contributed by atoms with Crippen LogP contribution in [0.5, 0.6) is 0 Å². The van der Waals surface area contributed by atoms with E-state index in [1.54, 1.807) is 14.0 Å². The number of hydrogen-bond donors (Lipinski definition) is 3. The first kappa shape index (κ1) is 27.8. The van der Waals surface area contributed by atoms with Crippen LogP contribution in [0.3, 0.4) is 0 Å². The molecule has 15 heteroatoms. The summed E-state index contributed by atoms with van der Waals surface area (Å²) >= 11 is 0. The Morgan fingerprint density at radius 2 is 1.73 bits per heavy atom. The van der Waals surface area contributed by atoms with Crippen molar-refractivity contribution >= 4 is 35.0 Å². The molecule has 202 valence electrons. The third-order valence-corrected chi connectivity index (χ3v) is 6.05. The van der Waals surface area contributed by atoms with Gasteiger partial charge in [-0.2, -0.15) is 23.1 Å². The maximum absolute atomic E-state index is 13.3. The van der Waals surface area contributed by atoms with Crippen LogP contribution >= 0.6 is 0 Å². The topological polar surface area (TPSA) is 146 Å². The molecule has 1 unspecified atom stereocenters. The Kier molecular flexibility index (Phi) is 8.64. The summed E-state index contributed by atoms with van der Waals surface area (Å²) in [6.45, 7) is 6.44. The summed E-state index contributed by atoms with van der Waals surface area (Å²) in [4.78, 5) is 47.2. The minimum Gasteiger partial charge on any atom is -0.481 e. The molecule has 0 aromatic carbocycles. The molecule has 0 amide bonds. The summed E-state index contributed by atoms with van der Waals surface area (Å²) in [5, 5.41) is 19.9. The predicted octanol–water partition coefficient (Wildman–Crippen LogP) is 0.497. The van der Waals surface area contributed by atoms with Crippen LogP contribution in [0.25, 0.3) is 11.2 Å². The number of alkyl halides is 3. The van der Waals surface area contributed by atoms with Crippen LogP contribution in [0.1, 0.15) is 19.8 Å². The van der Waals surface area contributed by atoms with E-state index in [4.69, 9.17) is 19.9 Å². The lowest BCUT2D eigenvalue weighted by Gasteiger charge is -2.32. The van der Waals surface area contributed by atoms with Gasteiger partial charge < -0.3 is 25.3 Å². The second-order valence-electron chi connectivity index (χ2n) is 8.54. The number of halogens is 3. The van der Waals surface area contributed by atoms with E-state index in [0.717, 1.165) is 32.6 Å². The number of anilines is 2. The number of aromatic nitrogens is 4. The summed E-state index contributed by atoms with van der Waals surface area (Å²) in [5.41, 5.74) is 0.626. The second kappa shape index (κ2) is 11.5. The highest BCUT2D eigenvalue weighted by molar-refractivity contribution is 5.76. The van der Waals surface area contributed by atoms with Crippen molar-refractivity contribution in [2.45, 2.75) is 32.5 Å². The molecule has 12 nitrogen and oxygen atoms in total. The zero-order valence-corrected chi connectivity index (χ0v) is 20.4. The number of carboxylic acids is 2. The van der Waals surface area contributed by atoms with Crippen LogP contribution in [0.15, 0.2) is 4.79 Å². The number of piperazine rings is 1. The number of rotatable bonds is 4. The molecule has 0 bridgehead atoms. The van der Waals surface area contributed by atoms with E-state index in [0.29, 0.717) is 49.1 Å². The van der Waals surface area contributed by atoms with E-state index in [9.17, 15) is 27.9 Å². The molecular formula is C22H28F3N7O5. The fraction of sp³-hybridized carbons (Fsp3) is 0.591. The van der Waals surface area contributed by atoms with Crippen molar-refractivity contribution in [2.75, 3.05) is 49.1 Å². The van der Waals surface area contributed by atoms with Crippen molar-refractivity contribution in [3.05, 3.63) is 10.4 Å². The second-order valence-corrected chi connectivity index (χ2v) is 8.54. The van der Waals surface area contributed by atoms with E-state index < -0.39 is 24.0 Å². The van der Waals surface area contributed by atoms with Crippen molar-refractivity contribution in [2.24, 2.45) is 13.0 Å². The smallest absolute Gasteiger partial charge is 0.481 e. The first-order valence-corrected chi connectivity index (χ1v) is 11.6. The number of fused-ring (bicyclic) bond motifs is 1. The lowest BCUT2D eigenvalue weighted by molar-refractivity contribution is -0.192. The maximum Gasteiger partial charge on any atom is 0.490 e. The van der Waals surface area contributed by atoms with Gasteiger partial charge in [0.1, 0.15) is 0 Å². The van der Waals surface area contributed by atoms with Gasteiger partial charge in [0.05, 0.1) is 12.5 Å². The molecule has 2 fully saturated rings. The van der Waals surface area contributed by atoms with Crippen molar-refractivity contribution in [1.82, 2.24) is 24.4 Å². The van der Waals surface area contributed by atoms with Crippen molar-refractivity contribution in [3.8, 4) is 11.8 Å². The molecule has 3 N–H and O–H groups in total. The van der Waals surface area contributed by atoms with Crippen molar-refractivity contribution < 1.29 is 33.0 Å². The van der Waals surface area contributed by atoms with E-state index >= 15 is 0 Å². The SMILES string of the molecule is CC#CCn1c(N2CCNCC2)nc2nc(N3CCCC(C(=O)O)C3)n(C)c(=O)c21.O=C(O)C(F)(F)F. The Balaban J connectivity index is 0.000000479. The van der Waals surface area contributed by atoms with Gasteiger partial charge in [0.15, 0.2) is 11.2 Å². The molecule has 1 atom stereocenters. The number of piperidine rings is 1. The van der Waals surface area contributed by atoms with Crippen LogP contribution in [-0.4, -0.2) is 86.7 Å². The van der Waals surface area contributed by atoms with Gasteiger partial charge in [-0.15, -0.1) is 5.92 Å². The molecule has 0 spiro atoms. The third kappa shape index (κ3) is 6.31. The van der Waals surface area contributed by atoms with Crippen LogP contribution in [0, 0.1) is 17.8 Å². The number of imidazole rings is 1. The van der Waals surface area contributed by atoms with E-state index in [2.05, 4.69) is 22.1 Å². The molecule has 4 rings (SSSR count). The number of hydrogen-bond acceptors (Lipinski definition) is 8. The number of carbonyl (C=O) groups is 2. The molecule has 0 radical (unpaired) electrons. The summed E-state index contributed by atoms with van der Waals surface area (Å²) < 4.78 is 35.1. The zero-order chi connectivity index (χ0) is 27.3. The quantitative estimate of drug-likeness (QED) is 0.481. The summed E-state index contributed by atoms with van der Waals surface area (Å²) in [6, 6.07) is 0. The van der Waals surface area contributed by atoms with Gasteiger partial charge >= 0.3 is 18.1 Å². The van der Waals surface area contributed by atoms with E-state index in [1.165, 1.54) is 4.57 Å². The molecule has 2 aliphatic heterocycles. The minimum atomic E-state index is -5.08. The number of carboxylic acid groups (broad SMARTS) is 2. The standard InChI is InChI=1S/C20H27N7O3.C2HF3O2/c1-3-4-10-27-15-16(23-20(27)25-11-7-21-8-12-25)22-19(24(2)17(15)28)26-9-5-6-14(13-26)18(29)30;3-2(4,5)1(6)7/h14,21H,5-13H2,1-2H3,(H,29,30);(H,6,7). The van der Waals surface area contributed by atoms with Crippen LogP contribution in [0.2, 0.25) is 0 Å². The third-order valence-electron chi connectivity index (χ3n) is 6.05. The Bertz CT molecular complexity index is 1270. The molecule has 4 heterocycles. The monoisotopic (exact) mass is 527 g/mol. The number of aliphatic carboxylic acids is 2. The largest absolute Gasteiger partial charge is 0.490 e. The summed E-state index contributed by atoms with van der Waals surface area (Å²) in [7, 11) is 1.68. The van der Waals surface area contributed by atoms with Gasteiger partial charge in [0.2, 0.25) is 11.9 Å². The molecule has 2 aromatic rings. The van der Waals surface area contributed by atoms with Crippen LogP contribution in [-0.2, 0) is 23.2 Å². The average molecular weight is 528 g/mol. The van der Waals surface area contributed by atoms with E-state index in [1.807, 2.05) is 9.47 Å². The molecule has 2 aliphatic rings. The normalized spacial score (nSPS) is 18.0. The highest BCUT2D eigenvalue weighted by atomic mass is 19.4. The van der Waals surface area contributed by atoms with Crippen LogP contribution in [0.4, 0.5) is 25.1 Å². The van der Waals surface area contributed by atoms with Gasteiger partial charge in [0, 0.05) is 46.3 Å². The predicted molar refractivity (Wildman–Crippen MR) is 128 cm³/mol. The summed E-state index contributed by atoms with van der Waals surface area (Å²) in [5.74, 6) is 3.08. The average Bonchev–Trinajstić information content (AvgIpc) is 3.23. The van der Waals surface area contributed by atoms with Crippen molar-refractivity contribution in [1.29, 1.82) is 0 Å². The maximum atomic E-state index is 13.3. The summed E-state index contributed by atoms with van der Waals surface area (Å²) in [6.07, 6.45) is -3.70. The molecule has 0 saturated carbocycles. The lowest BCUT2D eigenvalue weighted by atomic mass is 9.99. The molecule has 2 aromatic heterocycles.